The number of fused-ring (bicyclic) bond motifs is 1. The van der Waals surface area contributed by atoms with Gasteiger partial charge in [0.05, 0.1) is 11.1 Å². The lowest BCUT2D eigenvalue weighted by Gasteiger charge is -2.06. The quantitative estimate of drug-likeness (QED) is 0.708. The van der Waals surface area contributed by atoms with Gasteiger partial charge in [0.25, 0.3) is 0 Å². The smallest absolute Gasteiger partial charge is 0.336 e. The van der Waals surface area contributed by atoms with Crippen LogP contribution < -0.4 is 0 Å². The predicted molar refractivity (Wildman–Crippen MR) is 90.3 cm³/mol. The number of aromatic carboxylic acids is 2. The second-order valence-corrected chi connectivity index (χ2v) is 5.15. The highest BCUT2D eigenvalue weighted by molar-refractivity contribution is 6.06. The van der Waals surface area contributed by atoms with Crippen molar-refractivity contribution in [1.29, 1.82) is 0 Å². The largest absolute Gasteiger partial charge is 0.478 e. The third-order valence-corrected chi connectivity index (χ3v) is 3.59. The van der Waals surface area contributed by atoms with E-state index in [-0.39, 0.29) is 16.7 Å². The molecule has 0 bridgehead atoms. The van der Waals surface area contributed by atoms with E-state index in [2.05, 4.69) is 11.8 Å². The van der Waals surface area contributed by atoms with Crippen molar-refractivity contribution < 1.29 is 19.8 Å². The molecule has 24 heavy (non-hydrogen) atoms. The topological polar surface area (TPSA) is 74.6 Å². The highest BCUT2D eigenvalue weighted by atomic mass is 16.4. The number of rotatable bonds is 2. The second-order valence-electron chi connectivity index (χ2n) is 5.15. The molecule has 0 spiro atoms. The van der Waals surface area contributed by atoms with Crippen molar-refractivity contribution >= 4 is 22.7 Å². The van der Waals surface area contributed by atoms with E-state index < -0.39 is 11.9 Å². The van der Waals surface area contributed by atoms with Gasteiger partial charge >= 0.3 is 11.9 Å². The van der Waals surface area contributed by atoms with E-state index in [1.807, 2.05) is 30.3 Å². The third kappa shape index (κ3) is 2.96. The minimum atomic E-state index is -1.10. The molecule has 0 saturated carbocycles. The van der Waals surface area contributed by atoms with Crippen LogP contribution in [0.15, 0.2) is 60.7 Å². The van der Waals surface area contributed by atoms with Crippen LogP contribution in [-0.4, -0.2) is 22.2 Å². The minimum absolute atomic E-state index is 0.0495. The Balaban J connectivity index is 2.23. The number of carboxylic acid groups (broad SMARTS) is 2. The number of carbonyl (C=O) groups is 2. The van der Waals surface area contributed by atoms with Crippen molar-refractivity contribution in [1.82, 2.24) is 0 Å². The SMILES string of the molecule is O=C(O)c1cc2cccc(C(=O)O)c2cc1C#Cc1ccccc1. The molecule has 0 aromatic heterocycles. The monoisotopic (exact) mass is 316 g/mol. The van der Waals surface area contributed by atoms with Crippen LogP contribution in [0.3, 0.4) is 0 Å². The first kappa shape index (κ1) is 15.3. The highest BCUT2D eigenvalue weighted by Gasteiger charge is 2.14. The molecule has 116 valence electrons. The van der Waals surface area contributed by atoms with Gasteiger partial charge in [0.2, 0.25) is 0 Å². The van der Waals surface area contributed by atoms with E-state index in [1.54, 1.807) is 12.1 Å². The van der Waals surface area contributed by atoms with Crippen LogP contribution in [0, 0.1) is 11.8 Å². The highest BCUT2D eigenvalue weighted by Crippen LogP contribution is 2.23. The molecule has 2 N–H and O–H groups in total. The zero-order chi connectivity index (χ0) is 17.1. The summed E-state index contributed by atoms with van der Waals surface area (Å²) in [5, 5.41) is 19.7. The Morgan fingerprint density at radius 1 is 0.750 bits per heavy atom. The van der Waals surface area contributed by atoms with Gasteiger partial charge in [-0.3, -0.25) is 0 Å². The molecule has 0 unspecified atom stereocenters. The summed E-state index contributed by atoms with van der Waals surface area (Å²) in [6.07, 6.45) is 0. The summed E-state index contributed by atoms with van der Waals surface area (Å²) in [6.45, 7) is 0. The molecule has 0 radical (unpaired) electrons. The number of carboxylic acids is 2. The van der Waals surface area contributed by atoms with Crippen molar-refractivity contribution in [2.24, 2.45) is 0 Å². The molecule has 4 heteroatoms. The van der Waals surface area contributed by atoms with Gasteiger partial charge in [-0.15, -0.1) is 0 Å². The van der Waals surface area contributed by atoms with E-state index in [4.69, 9.17) is 0 Å². The second kappa shape index (κ2) is 6.27. The average Bonchev–Trinajstić information content (AvgIpc) is 2.59. The normalized spacial score (nSPS) is 10.0. The van der Waals surface area contributed by atoms with Gasteiger partial charge in [-0.1, -0.05) is 42.2 Å². The number of hydrogen-bond donors (Lipinski definition) is 2. The maximum absolute atomic E-state index is 11.5. The fraction of sp³-hybridized carbons (Fsp3) is 0. The van der Waals surface area contributed by atoms with Crippen LogP contribution >= 0.6 is 0 Å². The summed E-state index contributed by atoms with van der Waals surface area (Å²) in [5.74, 6) is 3.59. The van der Waals surface area contributed by atoms with E-state index >= 15 is 0 Å². The molecular weight excluding hydrogens is 304 g/mol. The molecule has 0 fully saturated rings. The molecule has 0 amide bonds. The summed E-state index contributed by atoms with van der Waals surface area (Å²) in [5.41, 5.74) is 1.20. The summed E-state index contributed by atoms with van der Waals surface area (Å²) in [7, 11) is 0. The molecule has 0 heterocycles. The van der Waals surface area contributed by atoms with Gasteiger partial charge < -0.3 is 10.2 Å². The van der Waals surface area contributed by atoms with Gasteiger partial charge in [-0.2, -0.15) is 0 Å². The third-order valence-electron chi connectivity index (χ3n) is 3.59. The molecule has 3 aromatic carbocycles. The van der Waals surface area contributed by atoms with E-state index in [0.29, 0.717) is 10.8 Å². The fourth-order valence-corrected chi connectivity index (χ4v) is 2.45. The maximum atomic E-state index is 11.5. The molecule has 0 aliphatic carbocycles. The average molecular weight is 316 g/mol. The lowest BCUT2D eigenvalue weighted by molar-refractivity contribution is 0.0688. The molecule has 3 aromatic rings. The van der Waals surface area contributed by atoms with Gasteiger partial charge in [0, 0.05) is 11.1 Å². The van der Waals surface area contributed by atoms with Crippen LogP contribution in [0.4, 0.5) is 0 Å². The number of benzene rings is 3. The van der Waals surface area contributed by atoms with Crippen molar-refractivity contribution in [3.63, 3.8) is 0 Å². The summed E-state index contributed by atoms with van der Waals surface area (Å²) >= 11 is 0. The predicted octanol–water partition coefficient (Wildman–Crippen LogP) is 3.64. The lowest BCUT2D eigenvalue weighted by Crippen LogP contribution is -2.03. The fourth-order valence-electron chi connectivity index (χ4n) is 2.45. The van der Waals surface area contributed by atoms with Crippen molar-refractivity contribution in [2.75, 3.05) is 0 Å². The van der Waals surface area contributed by atoms with E-state index in [0.717, 1.165) is 5.56 Å². The Bertz CT molecular complexity index is 1010. The van der Waals surface area contributed by atoms with Crippen molar-refractivity contribution in [2.45, 2.75) is 0 Å². The van der Waals surface area contributed by atoms with Crippen molar-refractivity contribution in [3.05, 3.63) is 82.9 Å². The van der Waals surface area contributed by atoms with Gasteiger partial charge in [-0.25, -0.2) is 9.59 Å². The molecule has 0 saturated heterocycles. The van der Waals surface area contributed by atoms with E-state index in [9.17, 15) is 19.8 Å². The maximum Gasteiger partial charge on any atom is 0.336 e. The molecular formula is C20H12O4. The number of hydrogen-bond acceptors (Lipinski definition) is 2. The summed E-state index contributed by atoms with van der Waals surface area (Å²) in [4.78, 5) is 22.9. The molecule has 4 nitrogen and oxygen atoms in total. The van der Waals surface area contributed by atoms with Gasteiger partial charge in [-0.05, 0) is 41.1 Å². The Morgan fingerprint density at radius 3 is 2.12 bits per heavy atom. The van der Waals surface area contributed by atoms with Crippen LogP contribution in [0.1, 0.15) is 31.8 Å². The zero-order valence-corrected chi connectivity index (χ0v) is 12.5. The van der Waals surface area contributed by atoms with Crippen LogP contribution in [-0.2, 0) is 0 Å². The first-order valence-electron chi connectivity index (χ1n) is 7.16. The molecule has 0 aliphatic rings. The molecule has 3 rings (SSSR count). The standard InChI is InChI=1S/C20H12O4/c21-19(22)16-8-4-7-14-12-18(20(23)24)15(11-17(14)16)10-9-13-5-2-1-3-6-13/h1-8,11-12H,(H,21,22)(H,23,24). The van der Waals surface area contributed by atoms with Crippen LogP contribution in [0.5, 0.6) is 0 Å². The van der Waals surface area contributed by atoms with Gasteiger partial charge in [0.1, 0.15) is 0 Å². The summed E-state index contributed by atoms with van der Waals surface area (Å²) in [6, 6.07) is 16.9. The first-order chi connectivity index (χ1) is 11.6. The Kier molecular flexibility index (Phi) is 4.00. The molecule has 0 atom stereocenters. The first-order valence-corrected chi connectivity index (χ1v) is 7.16. The van der Waals surface area contributed by atoms with Crippen molar-refractivity contribution in [3.8, 4) is 11.8 Å². The lowest BCUT2D eigenvalue weighted by atomic mass is 9.97. The Morgan fingerprint density at radius 2 is 1.46 bits per heavy atom. The van der Waals surface area contributed by atoms with Crippen LogP contribution in [0.25, 0.3) is 10.8 Å². The molecule has 0 aliphatic heterocycles. The Hall–Kier alpha value is -3.58. The zero-order valence-electron chi connectivity index (χ0n) is 12.5. The van der Waals surface area contributed by atoms with Gasteiger partial charge in [0.15, 0.2) is 0 Å². The Labute approximate surface area is 138 Å². The van der Waals surface area contributed by atoms with E-state index in [1.165, 1.54) is 18.2 Å². The minimum Gasteiger partial charge on any atom is -0.478 e. The van der Waals surface area contributed by atoms with Crippen LogP contribution in [0.2, 0.25) is 0 Å². The summed E-state index contributed by atoms with van der Waals surface area (Å²) < 4.78 is 0.